The SMILES string of the molecule is CS(=O)(=O)CCNCc1cc2ccccc2nc1N1CCOCC1. The van der Waals surface area contributed by atoms with Crippen LogP contribution < -0.4 is 10.2 Å². The first kappa shape index (κ1) is 17.1. The molecule has 130 valence electrons. The Hall–Kier alpha value is -1.70. The summed E-state index contributed by atoms with van der Waals surface area (Å²) in [5.41, 5.74) is 2.06. The molecule has 1 aromatic heterocycles. The maximum Gasteiger partial charge on any atom is 0.148 e. The number of sulfone groups is 1. The minimum absolute atomic E-state index is 0.140. The molecule has 1 fully saturated rings. The van der Waals surface area contributed by atoms with Gasteiger partial charge in [0.25, 0.3) is 0 Å². The molecule has 0 saturated carbocycles. The number of aromatic nitrogens is 1. The molecule has 1 saturated heterocycles. The first-order chi connectivity index (χ1) is 11.5. The highest BCUT2D eigenvalue weighted by Crippen LogP contribution is 2.24. The number of benzene rings is 1. The van der Waals surface area contributed by atoms with Gasteiger partial charge in [0.1, 0.15) is 15.7 Å². The van der Waals surface area contributed by atoms with Crippen LogP contribution in [0.15, 0.2) is 30.3 Å². The van der Waals surface area contributed by atoms with Crippen LogP contribution in [0.25, 0.3) is 10.9 Å². The number of rotatable bonds is 6. The van der Waals surface area contributed by atoms with E-state index in [0.29, 0.717) is 26.3 Å². The predicted octanol–water partition coefficient (Wildman–Crippen LogP) is 1.21. The molecular weight excluding hydrogens is 326 g/mol. The van der Waals surface area contributed by atoms with Gasteiger partial charge in [0.2, 0.25) is 0 Å². The van der Waals surface area contributed by atoms with Crippen molar-refractivity contribution < 1.29 is 13.2 Å². The van der Waals surface area contributed by atoms with E-state index < -0.39 is 9.84 Å². The molecule has 0 atom stereocenters. The molecule has 1 N–H and O–H groups in total. The lowest BCUT2D eigenvalue weighted by molar-refractivity contribution is 0.122. The molecule has 24 heavy (non-hydrogen) atoms. The molecule has 1 aliphatic heterocycles. The largest absolute Gasteiger partial charge is 0.378 e. The normalized spacial score (nSPS) is 15.8. The Labute approximate surface area is 142 Å². The molecule has 0 amide bonds. The van der Waals surface area contributed by atoms with Crippen LogP contribution >= 0.6 is 0 Å². The number of hydrogen-bond acceptors (Lipinski definition) is 6. The molecule has 2 aromatic rings. The fourth-order valence-electron chi connectivity index (χ4n) is 2.81. The number of anilines is 1. The Morgan fingerprint density at radius 1 is 1.25 bits per heavy atom. The van der Waals surface area contributed by atoms with E-state index >= 15 is 0 Å². The van der Waals surface area contributed by atoms with Gasteiger partial charge in [-0.15, -0.1) is 0 Å². The van der Waals surface area contributed by atoms with Gasteiger partial charge < -0.3 is 15.0 Å². The van der Waals surface area contributed by atoms with Crippen molar-refractivity contribution in [2.24, 2.45) is 0 Å². The first-order valence-corrected chi connectivity index (χ1v) is 10.2. The van der Waals surface area contributed by atoms with Gasteiger partial charge in [0.05, 0.1) is 24.5 Å². The summed E-state index contributed by atoms with van der Waals surface area (Å²) in [6.07, 6.45) is 1.26. The zero-order valence-electron chi connectivity index (χ0n) is 13.9. The highest BCUT2D eigenvalue weighted by molar-refractivity contribution is 7.90. The minimum atomic E-state index is -2.95. The molecule has 0 aliphatic carbocycles. The summed E-state index contributed by atoms with van der Waals surface area (Å²) < 4.78 is 27.9. The van der Waals surface area contributed by atoms with E-state index in [1.807, 2.05) is 24.3 Å². The van der Waals surface area contributed by atoms with Crippen LogP contribution in [0.3, 0.4) is 0 Å². The highest BCUT2D eigenvalue weighted by Gasteiger charge is 2.17. The van der Waals surface area contributed by atoms with Crippen molar-refractivity contribution in [3.05, 3.63) is 35.9 Å². The quantitative estimate of drug-likeness (QED) is 0.791. The zero-order valence-corrected chi connectivity index (χ0v) is 14.7. The number of hydrogen-bond donors (Lipinski definition) is 1. The number of nitrogens with zero attached hydrogens (tertiary/aromatic N) is 2. The summed E-state index contributed by atoms with van der Waals surface area (Å²) in [7, 11) is -2.95. The Bertz CT molecular complexity index is 802. The minimum Gasteiger partial charge on any atom is -0.378 e. The summed E-state index contributed by atoms with van der Waals surface area (Å²) in [5, 5.41) is 4.32. The summed E-state index contributed by atoms with van der Waals surface area (Å²) in [6.45, 7) is 4.09. The van der Waals surface area contributed by atoms with Crippen LogP contribution in [0.1, 0.15) is 5.56 Å². The number of ether oxygens (including phenoxy) is 1. The van der Waals surface area contributed by atoms with Crippen LogP contribution in [-0.4, -0.2) is 58.3 Å². The van der Waals surface area contributed by atoms with Gasteiger partial charge >= 0.3 is 0 Å². The van der Waals surface area contributed by atoms with Gasteiger partial charge in [-0.3, -0.25) is 0 Å². The second-order valence-corrected chi connectivity index (χ2v) is 8.33. The molecule has 7 heteroatoms. The summed E-state index contributed by atoms with van der Waals surface area (Å²) in [4.78, 5) is 7.08. The van der Waals surface area contributed by atoms with Crippen molar-refractivity contribution in [3.63, 3.8) is 0 Å². The third-order valence-electron chi connectivity index (χ3n) is 4.06. The standard InChI is InChI=1S/C17H23N3O3S/c1-24(21,22)11-6-18-13-15-12-14-4-2-3-5-16(14)19-17(15)20-7-9-23-10-8-20/h2-5,12,18H,6-11,13H2,1H3. The van der Waals surface area contributed by atoms with Gasteiger partial charge in [-0.05, 0) is 12.1 Å². The van der Waals surface area contributed by atoms with E-state index in [4.69, 9.17) is 9.72 Å². The third-order valence-corrected chi connectivity index (χ3v) is 5.00. The van der Waals surface area contributed by atoms with Gasteiger partial charge in [0.15, 0.2) is 0 Å². The molecule has 6 nitrogen and oxygen atoms in total. The van der Waals surface area contributed by atoms with E-state index in [1.165, 1.54) is 6.26 Å². The molecule has 1 aliphatic rings. The monoisotopic (exact) mass is 349 g/mol. The number of morpholine rings is 1. The van der Waals surface area contributed by atoms with Crippen molar-refractivity contribution in [2.75, 3.05) is 49.8 Å². The number of para-hydroxylation sites is 1. The van der Waals surface area contributed by atoms with E-state index in [1.54, 1.807) is 0 Å². The van der Waals surface area contributed by atoms with Crippen molar-refractivity contribution in [1.29, 1.82) is 0 Å². The van der Waals surface area contributed by atoms with Crippen molar-refractivity contribution in [1.82, 2.24) is 10.3 Å². The molecule has 2 heterocycles. The fraction of sp³-hybridized carbons (Fsp3) is 0.471. The maximum atomic E-state index is 11.3. The molecular formula is C17H23N3O3S. The smallest absolute Gasteiger partial charge is 0.148 e. The number of pyridine rings is 1. The average Bonchev–Trinajstić information content (AvgIpc) is 2.58. The van der Waals surface area contributed by atoms with E-state index in [2.05, 4.69) is 16.3 Å². The van der Waals surface area contributed by atoms with Crippen LogP contribution in [-0.2, 0) is 21.1 Å². The van der Waals surface area contributed by atoms with E-state index in [9.17, 15) is 8.42 Å². The Kier molecular flexibility index (Phi) is 5.33. The number of fused-ring (bicyclic) bond motifs is 1. The average molecular weight is 349 g/mol. The molecule has 0 unspecified atom stereocenters. The van der Waals surface area contributed by atoms with Gasteiger partial charge in [-0.2, -0.15) is 0 Å². The van der Waals surface area contributed by atoms with Crippen LogP contribution in [0.5, 0.6) is 0 Å². The van der Waals surface area contributed by atoms with Crippen molar-refractivity contribution in [3.8, 4) is 0 Å². The fourth-order valence-corrected chi connectivity index (χ4v) is 3.32. The van der Waals surface area contributed by atoms with E-state index in [0.717, 1.165) is 35.4 Å². The zero-order chi connectivity index (χ0) is 17.0. The molecule has 0 bridgehead atoms. The summed E-state index contributed by atoms with van der Waals surface area (Å²) >= 11 is 0. The van der Waals surface area contributed by atoms with Gasteiger partial charge in [0, 0.05) is 43.4 Å². The second kappa shape index (κ2) is 7.46. The topological polar surface area (TPSA) is 71.5 Å². The second-order valence-electron chi connectivity index (χ2n) is 6.07. The Morgan fingerprint density at radius 3 is 2.75 bits per heavy atom. The maximum absolute atomic E-state index is 11.3. The molecule has 3 rings (SSSR count). The number of nitrogens with one attached hydrogen (secondary N) is 1. The third kappa shape index (κ3) is 4.43. The van der Waals surface area contributed by atoms with Crippen molar-refractivity contribution >= 4 is 26.6 Å². The van der Waals surface area contributed by atoms with Gasteiger partial charge in [-0.25, -0.2) is 13.4 Å². The predicted molar refractivity (Wildman–Crippen MR) is 96.2 cm³/mol. The Balaban J connectivity index is 1.82. The van der Waals surface area contributed by atoms with Crippen LogP contribution in [0.2, 0.25) is 0 Å². The van der Waals surface area contributed by atoms with Crippen LogP contribution in [0.4, 0.5) is 5.82 Å². The highest BCUT2D eigenvalue weighted by atomic mass is 32.2. The lowest BCUT2D eigenvalue weighted by Gasteiger charge is -2.30. The Morgan fingerprint density at radius 2 is 2.00 bits per heavy atom. The lowest BCUT2D eigenvalue weighted by atomic mass is 10.1. The van der Waals surface area contributed by atoms with Crippen LogP contribution in [0, 0.1) is 0 Å². The summed E-state index contributed by atoms with van der Waals surface area (Å²) in [6, 6.07) is 10.2. The van der Waals surface area contributed by atoms with Gasteiger partial charge in [-0.1, -0.05) is 18.2 Å². The van der Waals surface area contributed by atoms with E-state index in [-0.39, 0.29) is 5.75 Å². The first-order valence-electron chi connectivity index (χ1n) is 8.13. The molecule has 0 radical (unpaired) electrons. The summed E-state index contributed by atoms with van der Waals surface area (Å²) in [5.74, 6) is 1.10. The molecule has 1 aromatic carbocycles. The molecule has 0 spiro atoms. The lowest BCUT2D eigenvalue weighted by Crippen LogP contribution is -2.37. The van der Waals surface area contributed by atoms with Crippen molar-refractivity contribution in [2.45, 2.75) is 6.54 Å².